The fourth-order valence-corrected chi connectivity index (χ4v) is 4.12. The maximum atomic E-state index is 13.4. The minimum absolute atomic E-state index is 0.0266. The monoisotopic (exact) mass is 383 g/mol. The molecule has 2 aromatic heterocycles. The lowest BCUT2D eigenvalue weighted by atomic mass is 10.0. The molecule has 2 heterocycles. The molecule has 0 spiro atoms. The number of hydrogen-bond donors (Lipinski definition) is 2. The zero-order valence-electron chi connectivity index (χ0n) is 16.6. The summed E-state index contributed by atoms with van der Waals surface area (Å²) < 4.78 is 0. The number of anilines is 1. The number of nitrogens with zero attached hydrogens (tertiary/aromatic N) is 1. The van der Waals surface area contributed by atoms with Crippen LogP contribution in [0.25, 0.3) is 43.6 Å². The zero-order valence-corrected chi connectivity index (χ0v) is 16.6. The first-order valence-electron chi connectivity index (χ1n) is 9.72. The van der Waals surface area contributed by atoms with E-state index in [-0.39, 0.29) is 10.9 Å². The van der Waals surface area contributed by atoms with Gasteiger partial charge in [0.25, 0.3) is 0 Å². The summed E-state index contributed by atoms with van der Waals surface area (Å²) in [6.07, 6.45) is 0.896. The van der Waals surface area contributed by atoms with Crippen molar-refractivity contribution in [2.75, 3.05) is 19.0 Å². The maximum absolute atomic E-state index is 13.4. The first kappa shape index (κ1) is 17.5. The van der Waals surface area contributed by atoms with Crippen molar-refractivity contribution in [1.29, 1.82) is 0 Å². The Balaban J connectivity index is 1.94. The van der Waals surface area contributed by atoms with E-state index in [1.165, 1.54) is 0 Å². The van der Waals surface area contributed by atoms with Gasteiger partial charge in [-0.25, -0.2) is 0 Å². The smallest absolute Gasteiger partial charge is 0.199 e. The zero-order chi connectivity index (χ0) is 20.3. The number of rotatable bonds is 2. The number of pyridine rings is 2. The van der Waals surface area contributed by atoms with Gasteiger partial charge in [0.05, 0.1) is 27.5 Å². The summed E-state index contributed by atoms with van der Waals surface area (Å²) in [5.74, 6) is 0. The van der Waals surface area contributed by atoms with Crippen LogP contribution in [0.15, 0.2) is 58.1 Å². The van der Waals surface area contributed by atoms with Gasteiger partial charge in [0.2, 0.25) is 0 Å². The van der Waals surface area contributed by atoms with E-state index >= 15 is 0 Å². The first-order valence-corrected chi connectivity index (χ1v) is 9.72. The number of aromatic nitrogens is 2. The summed E-state index contributed by atoms with van der Waals surface area (Å²) >= 11 is 0. The van der Waals surface area contributed by atoms with Crippen LogP contribution in [0.2, 0.25) is 0 Å². The Morgan fingerprint density at radius 1 is 0.759 bits per heavy atom. The van der Waals surface area contributed by atoms with Gasteiger partial charge in [0, 0.05) is 35.9 Å². The van der Waals surface area contributed by atoms with Crippen LogP contribution in [-0.2, 0) is 6.42 Å². The molecule has 2 N–H and O–H groups in total. The first-order chi connectivity index (χ1) is 14.0. The van der Waals surface area contributed by atoms with Crippen molar-refractivity contribution in [2.24, 2.45) is 0 Å². The molecular formula is C24H21N3O2. The van der Waals surface area contributed by atoms with Crippen LogP contribution in [0.1, 0.15) is 12.5 Å². The Hall–Kier alpha value is -3.60. The van der Waals surface area contributed by atoms with Gasteiger partial charge in [-0.15, -0.1) is 0 Å². The third-order valence-electron chi connectivity index (χ3n) is 5.67. The average Bonchev–Trinajstić information content (AvgIpc) is 2.72. The molecule has 0 aliphatic rings. The highest BCUT2D eigenvalue weighted by atomic mass is 16.1. The summed E-state index contributed by atoms with van der Waals surface area (Å²) in [4.78, 5) is 35.1. The van der Waals surface area contributed by atoms with Crippen LogP contribution < -0.4 is 15.8 Å². The van der Waals surface area contributed by atoms with E-state index in [9.17, 15) is 9.59 Å². The number of fused-ring (bicyclic) bond motifs is 4. The largest absolute Gasteiger partial charge is 0.377 e. The lowest BCUT2D eigenvalue weighted by molar-refractivity contribution is 1.14. The molecule has 0 fully saturated rings. The number of aromatic amines is 2. The normalized spacial score (nSPS) is 11.7. The van der Waals surface area contributed by atoms with Crippen LogP contribution in [0.5, 0.6) is 0 Å². The second kappa shape index (κ2) is 6.21. The van der Waals surface area contributed by atoms with E-state index in [4.69, 9.17) is 0 Å². The summed E-state index contributed by atoms with van der Waals surface area (Å²) in [6.45, 7) is 2.08. The molecular weight excluding hydrogens is 362 g/mol. The molecule has 5 rings (SSSR count). The number of nitrogens with one attached hydrogen (secondary N) is 2. The molecule has 0 radical (unpaired) electrons. The highest BCUT2D eigenvalue weighted by molar-refractivity contribution is 6.05. The van der Waals surface area contributed by atoms with Crippen molar-refractivity contribution in [3.63, 3.8) is 0 Å². The van der Waals surface area contributed by atoms with Gasteiger partial charge in [-0.05, 0) is 48.4 Å². The number of H-pyrrole nitrogens is 2. The fraction of sp³-hybridized carbons (Fsp3) is 0.167. The van der Waals surface area contributed by atoms with E-state index in [2.05, 4.69) is 16.9 Å². The van der Waals surface area contributed by atoms with Crippen LogP contribution in [-0.4, -0.2) is 24.1 Å². The highest BCUT2D eigenvalue weighted by Gasteiger charge is 2.14. The van der Waals surface area contributed by atoms with E-state index in [1.807, 2.05) is 55.4 Å². The number of hydrogen-bond acceptors (Lipinski definition) is 3. The molecule has 0 saturated carbocycles. The molecule has 5 aromatic rings. The van der Waals surface area contributed by atoms with Crippen LogP contribution in [0.3, 0.4) is 0 Å². The summed E-state index contributed by atoms with van der Waals surface area (Å²) in [6, 6.07) is 15.2. The summed E-state index contributed by atoms with van der Waals surface area (Å²) in [5, 5.41) is 2.46. The third kappa shape index (κ3) is 2.54. The number of aryl methyl sites for hydroxylation is 1. The van der Waals surface area contributed by atoms with Gasteiger partial charge < -0.3 is 14.9 Å². The molecule has 0 aliphatic heterocycles. The summed E-state index contributed by atoms with van der Waals surface area (Å²) in [7, 11) is 3.85. The van der Waals surface area contributed by atoms with Gasteiger partial charge >= 0.3 is 0 Å². The molecule has 29 heavy (non-hydrogen) atoms. The van der Waals surface area contributed by atoms with Gasteiger partial charge in [-0.3, -0.25) is 9.59 Å². The van der Waals surface area contributed by atoms with E-state index in [0.29, 0.717) is 32.6 Å². The van der Waals surface area contributed by atoms with E-state index in [0.717, 1.165) is 28.7 Å². The number of benzene rings is 3. The van der Waals surface area contributed by atoms with Crippen molar-refractivity contribution in [3.05, 3.63) is 74.5 Å². The maximum Gasteiger partial charge on any atom is 0.199 e. The van der Waals surface area contributed by atoms with Crippen molar-refractivity contribution in [1.82, 2.24) is 9.97 Å². The Morgan fingerprint density at radius 2 is 1.41 bits per heavy atom. The minimum atomic E-state index is -0.0387. The Morgan fingerprint density at radius 3 is 2.10 bits per heavy atom. The SMILES string of the molecule is CCc1ccc2c(=O)c3cc4[nH]c5cccc(N(C)C)c5c(=O)c4cc3[nH]c2c1. The summed E-state index contributed by atoms with van der Waals surface area (Å²) in [5.41, 5.74) is 4.87. The molecule has 0 atom stereocenters. The van der Waals surface area contributed by atoms with Gasteiger partial charge in [-0.2, -0.15) is 0 Å². The quantitative estimate of drug-likeness (QED) is 0.447. The average molecular weight is 383 g/mol. The van der Waals surface area contributed by atoms with Crippen molar-refractivity contribution in [3.8, 4) is 0 Å². The lowest BCUT2D eigenvalue weighted by Gasteiger charge is -2.15. The molecule has 0 aliphatic carbocycles. The van der Waals surface area contributed by atoms with Crippen LogP contribution in [0.4, 0.5) is 5.69 Å². The van der Waals surface area contributed by atoms with Crippen molar-refractivity contribution < 1.29 is 0 Å². The van der Waals surface area contributed by atoms with Gasteiger partial charge in [0.15, 0.2) is 10.9 Å². The molecule has 0 saturated heterocycles. The standard InChI is InChI=1S/C24H21N3O2/c1-4-13-8-9-14-18(10-13)26-19-12-16-20(11-15(19)23(14)28)25-17-6-5-7-21(27(2)3)22(17)24(16)29/h5-12H,4H2,1-3H3,(H,25,29)(H,26,28). The van der Waals surface area contributed by atoms with Crippen LogP contribution in [0, 0.1) is 0 Å². The van der Waals surface area contributed by atoms with E-state index < -0.39 is 0 Å². The lowest BCUT2D eigenvalue weighted by Crippen LogP contribution is -2.14. The second-order valence-electron chi connectivity index (χ2n) is 7.68. The topological polar surface area (TPSA) is 69.0 Å². The predicted molar refractivity (Wildman–Crippen MR) is 121 cm³/mol. The fourth-order valence-electron chi connectivity index (χ4n) is 4.12. The second-order valence-corrected chi connectivity index (χ2v) is 7.68. The Kier molecular flexibility index (Phi) is 3.74. The molecule has 0 bridgehead atoms. The highest BCUT2D eigenvalue weighted by Crippen LogP contribution is 2.26. The molecule has 5 nitrogen and oxygen atoms in total. The van der Waals surface area contributed by atoms with E-state index in [1.54, 1.807) is 12.1 Å². The van der Waals surface area contributed by atoms with Crippen molar-refractivity contribution >= 4 is 49.3 Å². The molecule has 0 amide bonds. The predicted octanol–water partition coefficient (Wildman–Crippen LogP) is 4.30. The van der Waals surface area contributed by atoms with Gasteiger partial charge in [-0.1, -0.05) is 19.1 Å². The molecule has 0 unspecified atom stereocenters. The Labute approximate surface area is 166 Å². The van der Waals surface area contributed by atoms with Crippen molar-refractivity contribution in [2.45, 2.75) is 13.3 Å². The molecule has 5 heteroatoms. The van der Waals surface area contributed by atoms with Crippen LogP contribution >= 0.6 is 0 Å². The minimum Gasteiger partial charge on any atom is -0.377 e. The molecule has 3 aromatic carbocycles. The molecule has 144 valence electrons. The third-order valence-corrected chi connectivity index (χ3v) is 5.67. The Bertz CT molecular complexity index is 1560. The van der Waals surface area contributed by atoms with Gasteiger partial charge in [0.1, 0.15) is 0 Å².